The zero-order valence-electron chi connectivity index (χ0n) is 23.9. The van der Waals surface area contributed by atoms with Gasteiger partial charge in [-0.25, -0.2) is 0 Å². The summed E-state index contributed by atoms with van der Waals surface area (Å²) < 4.78 is 4.75. The first kappa shape index (κ1) is 29.4. The summed E-state index contributed by atoms with van der Waals surface area (Å²) in [7, 11) is 0. The molecule has 1 aromatic carbocycles. The molecule has 5 rings (SSSR count). The van der Waals surface area contributed by atoms with Gasteiger partial charge in [0.05, 0.1) is 42.4 Å². The van der Waals surface area contributed by atoms with E-state index in [1.165, 1.54) is 0 Å². The molecule has 2 bridgehead atoms. The van der Waals surface area contributed by atoms with Gasteiger partial charge in [0.15, 0.2) is 0 Å². The molecule has 3 N–H and O–H groups in total. The van der Waals surface area contributed by atoms with Crippen LogP contribution >= 0.6 is 11.8 Å². The summed E-state index contributed by atoms with van der Waals surface area (Å²) >= 11 is 1.68. The van der Waals surface area contributed by atoms with Crippen molar-refractivity contribution in [2.75, 3.05) is 46.0 Å². The highest BCUT2D eigenvalue weighted by Gasteiger charge is 2.76. The van der Waals surface area contributed by atoms with Crippen molar-refractivity contribution in [3.05, 3.63) is 35.9 Å². The largest absolute Gasteiger partial charge is 0.394 e. The maximum atomic E-state index is 14.3. The van der Waals surface area contributed by atoms with Gasteiger partial charge in [-0.05, 0) is 30.2 Å². The molecule has 0 saturated carbocycles. The van der Waals surface area contributed by atoms with Gasteiger partial charge in [0.2, 0.25) is 17.7 Å². The van der Waals surface area contributed by atoms with Crippen LogP contribution in [0.1, 0.15) is 39.2 Å². The summed E-state index contributed by atoms with van der Waals surface area (Å²) in [4.78, 5) is 46.0. The molecule has 7 atom stereocenters. The molecule has 40 heavy (non-hydrogen) atoms. The van der Waals surface area contributed by atoms with Crippen LogP contribution in [0.25, 0.3) is 0 Å². The molecular weight excluding hydrogens is 528 g/mol. The molecule has 220 valence electrons. The van der Waals surface area contributed by atoms with Crippen LogP contribution in [0.2, 0.25) is 0 Å². The number of ether oxygens (including phenoxy) is 1. The second-order valence-electron chi connectivity index (χ2n) is 12.2. The highest BCUT2D eigenvalue weighted by molar-refractivity contribution is 8.02. The number of hydrogen-bond donors (Lipinski definition) is 3. The van der Waals surface area contributed by atoms with E-state index in [1.807, 2.05) is 30.3 Å². The monoisotopic (exact) mass is 572 g/mol. The lowest BCUT2D eigenvalue weighted by atomic mass is 9.66. The average Bonchev–Trinajstić information content (AvgIpc) is 3.55. The number of hydrogen-bond acceptors (Lipinski definition) is 7. The molecule has 4 heterocycles. The average molecular weight is 573 g/mol. The fourth-order valence-electron chi connectivity index (χ4n) is 7.43. The summed E-state index contributed by atoms with van der Waals surface area (Å²) in [6.07, 6.45) is 1.38. The van der Waals surface area contributed by atoms with Gasteiger partial charge in [0.1, 0.15) is 6.04 Å². The molecule has 1 spiro atoms. The third-order valence-corrected chi connectivity index (χ3v) is 11.3. The summed E-state index contributed by atoms with van der Waals surface area (Å²) in [5.41, 5.74) is 1.00. The normalized spacial score (nSPS) is 32.4. The van der Waals surface area contributed by atoms with Gasteiger partial charge in [-0.2, -0.15) is 0 Å². The van der Waals surface area contributed by atoms with Crippen LogP contribution in [0.15, 0.2) is 30.3 Å². The molecule has 3 unspecified atom stereocenters. The van der Waals surface area contributed by atoms with Crippen molar-refractivity contribution >= 4 is 29.5 Å². The van der Waals surface area contributed by atoms with Crippen LogP contribution in [0.3, 0.4) is 0 Å². The lowest BCUT2D eigenvalue weighted by molar-refractivity contribution is -0.143. The maximum absolute atomic E-state index is 14.3. The lowest BCUT2D eigenvalue weighted by Crippen LogP contribution is -2.59. The van der Waals surface area contributed by atoms with Gasteiger partial charge in [0.25, 0.3) is 0 Å². The van der Waals surface area contributed by atoms with E-state index in [1.54, 1.807) is 16.7 Å². The summed E-state index contributed by atoms with van der Waals surface area (Å²) in [6, 6.07) is 8.57. The highest BCUT2D eigenvalue weighted by Crippen LogP contribution is 2.68. The summed E-state index contributed by atoms with van der Waals surface area (Å²) in [5, 5.41) is 16.7. The van der Waals surface area contributed by atoms with Crippen LogP contribution in [0.5, 0.6) is 0 Å². The first-order valence-electron chi connectivity index (χ1n) is 14.8. The first-order chi connectivity index (χ1) is 19.3. The Morgan fingerprint density at radius 3 is 2.55 bits per heavy atom. The number of benzene rings is 1. The Bertz CT molecular complexity index is 1070. The number of carbonyl (C=O) groups excluding carboxylic acids is 3. The van der Waals surface area contributed by atoms with Gasteiger partial charge in [0, 0.05) is 38.0 Å². The number of nitrogens with zero attached hydrogens (tertiary/aromatic N) is 2. The molecule has 1 aromatic rings. The summed E-state index contributed by atoms with van der Waals surface area (Å²) in [5.74, 6) is -1.20. The smallest absolute Gasteiger partial charge is 0.244 e. The van der Waals surface area contributed by atoms with Gasteiger partial charge in [-0.3, -0.25) is 19.3 Å². The van der Waals surface area contributed by atoms with Crippen LogP contribution in [-0.2, 0) is 25.7 Å². The van der Waals surface area contributed by atoms with E-state index < -0.39 is 28.7 Å². The highest BCUT2D eigenvalue weighted by atomic mass is 32.2. The van der Waals surface area contributed by atoms with E-state index in [0.29, 0.717) is 32.7 Å². The Hall–Kier alpha value is -2.14. The number of morpholine rings is 1. The maximum Gasteiger partial charge on any atom is 0.244 e. The van der Waals surface area contributed by atoms with Crippen LogP contribution in [0, 0.1) is 23.7 Å². The van der Waals surface area contributed by atoms with Crippen molar-refractivity contribution in [2.45, 2.75) is 62.2 Å². The Morgan fingerprint density at radius 2 is 1.88 bits per heavy atom. The zero-order chi connectivity index (χ0) is 28.4. The minimum absolute atomic E-state index is 0.0109. The van der Waals surface area contributed by atoms with Crippen LogP contribution in [0.4, 0.5) is 0 Å². The molecule has 4 saturated heterocycles. The number of thioether (sulfide) groups is 1. The van der Waals surface area contributed by atoms with E-state index in [9.17, 15) is 19.5 Å². The molecule has 0 radical (unpaired) electrons. The number of aliphatic hydroxyl groups is 1. The third-order valence-electron chi connectivity index (χ3n) is 9.22. The number of carbonyl (C=O) groups is 3. The van der Waals surface area contributed by atoms with Crippen LogP contribution < -0.4 is 10.6 Å². The Kier molecular flexibility index (Phi) is 9.09. The quantitative estimate of drug-likeness (QED) is 0.369. The minimum Gasteiger partial charge on any atom is -0.394 e. The van der Waals surface area contributed by atoms with Gasteiger partial charge in [-0.1, -0.05) is 51.1 Å². The fraction of sp³-hybridized carbons (Fsp3) is 0.700. The molecule has 0 aromatic heterocycles. The van der Waals surface area contributed by atoms with Gasteiger partial charge >= 0.3 is 0 Å². The zero-order valence-corrected chi connectivity index (χ0v) is 24.7. The van der Waals surface area contributed by atoms with E-state index in [4.69, 9.17) is 4.74 Å². The molecule has 4 aliphatic heterocycles. The lowest BCUT2D eigenvalue weighted by Gasteiger charge is -2.40. The molecule has 3 amide bonds. The number of rotatable bonds is 11. The van der Waals surface area contributed by atoms with E-state index in [2.05, 4.69) is 36.3 Å². The predicted octanol–water partition coefficient (Wildman–Crippen LogP) is 1.50. The van der Waals surface area contributed by atoms with E-state index in [-0.39, 0.29) is 41.4 Å². The van der Waals surface area contributed by atoms with Crippen molar-refractivity contribution in [3.8, 4) is 0 Å². The molecule has 10 heteroatoms. The topological polar surface area (TPSA) is 111 Å². The van der Waals surface area contributed by atoms with Gasteiger partial charge < -0.3 is 25.4 Å². The van der Waals surface area contributed by atoms with Gasteiger partial charge in [-0.15, -0.1) is 11.8 Å². The van der Waals surface area contributed by atoms with E-state index >= 15 is 0 Å². The number of nitrogens with one attached hydrogen (secondary N) is 2. The number of fused-ring (bicyclic) bond motifs is 1. The van der Waals surface area contributed by atoms with E-state index in [0.717, 1.165) is 31.6 Å². The number of aliphatic hydroxyl groups excluding tert-OH is 1. The Balaban J connectivity index is 1.40. The summed E-state index contributed by atoms with van der Waals surface area (Å²) in [6.45, 7) is 10.7. The van der Waals surface area contributed by atoms with Crippen molar-refractivity contribution in [1.29, 1.82) is 0 Å². The second kappa shape index (κ2) is 12.4. The number of amides is 3. The fourth-order valence-corrected chi connectivity index (χ4v) is 9.84. The third kappa shape index (κ3) is 5.40. The molecular formula is C30H44N4O5S. The van der Waals surface area contributed by atoms with Crippen LogP contribution in [-0.4, -0.2) is 101 Å². The Labute approximate surface area is 241 Å². The molecule has 4 fully saturated rings. The second-order valence-corrected chi connectivity index (χ2v) is 13.8. The molecule has 4 aliphatic rings. The molecule has 0 aliphatic carbocycles. The molecule has 9 nitrogen and oxygen atoms in total. The standard InChI is InChI=1S/C30H44N4O5S/c1-19(2)15-22(18-35)34-26(28(37)31-9-10-33-11-13-39-14-12-33)30-20(3)16-23(40-30)24(25(30)29(34)38)27(36)32-17-21-7-5-4-6-8-21/h4-8,19-20,22-26,35H,9-18H2,1-3H3,(H,31,37)(H,32,36)/t20?,22-,23+,24-,25+,26?,30?/m1/s1. The SMILES string of the molecule is CC(C)C[C@H](CO)N1C(=O)[C@@H]2[C@H](C(=O)NCc3ccccc3)[C@@H]3CC(C)C2(S3)C1C(=O)NCCN1CCOCC1. The van der Waals surface area contributed by atoms with Crippen molar-refractivity contribution < 1.29 is 24.2 Å². The Morgan fingerprint density at radius 1 is 1.15 bits per heavy atom. The van der Waals surface area contributed by atoms with Crippen molar-refractivity contribution in [1.82, 2.24) is 20.4 Å². The number of likely N-dealkylation sites (tertiary alicyclic amines) is 1. The minimum atomic E-state index is -0.720. The van der Waals surface area contributed by atoms with Crippen molar-refractivity contribution in [3.63, 3.8) is 0 Å². The first-order valence-corrected chi connectivity index (χ1v) is 15.7. The van der Waals surface area contributed by atoms with Crippen molar-refractivity contribution in [2.24, 2.45) is 23.7 Å². The predicted molar refractivity (Wildman–Crippen MR) is 154 cm³/mol.